The van der Waals surface area contributed by atoms with Gasteiger partial charge in [-0.1, -0.05) is 23.4 Å². The number of carboxylic acid groups (broad SMARTS) is 1. The molecule has 106 valence electrons. The van der Waals surface area contributed by atoms with E-state index in [9.17, 15) is 4.79 Å². The fourth-order valence-electron chi connectivity index (χ4n) is 1.87. The van der Waals surface area contributed by atoms with Crippen molar-refractivity contribution in [1.82, 2.24) is 19.7 Å². The summed E-state index contributed by atoms with van der Waals surface area (Å²) in [6.07, 6.45) is 3.14. The Balaban J connectivity index is 2.03. The number of benzene rings is 1. The average Bonchev–Trinajstić information content (AvgIpc) is 2.84. The zero-order valence-electron chi connectivity index (χ0n) is 10.8. The SMILES string of the molecule is Cn1ncc2c(Sc3ccc(Cl)c(C(=O)O)c3)ncnc21. The average molecular weight is 321 g/mol. The fraction of sp³-hybridized carbons (Fsp3) is 0.0769. The number of fused-ring (bicyclic) bond motifs is 1. The van der Waals surface area contributed by atoms with Gasteiger partial charge in [-0.15, -0.1) is 0 Å². The first-order chi connectivity index (χ1) is 10.1. The number of rotatable bonds is 3. The maximum Gasteiger partial charge on any atom is 0.337 e. The lowest BCUT2D eigenvalue weighted by molar-refractivity contribution is 0.0697. The molecule has 0 aliphatic carbocycles. The highest BCUT2D eigenvalue weighted by molar-refractivity contribution is 7.99. The van der Waals surface area contributed by atoms with Crippen molar-refractivity contribution in [3.63, 3.8) is 0 Å². The lowest BCUT2D eigenvalue weighted by Crippen LogP contribution is -1.97. The number of aryl methyl sites for hydroxylation is 1. The van der Waals surface area contributed by atoms with Gasteiger partial charge in [0, 0.05) is 11.9 Å². The summed E-state index contributed by atoms with van der Waals surface area (Å²) in [6.45, 7) is 0. The van der Waals surface area contributed by atoms with E-state index in [0.29, 0.717) is 5.03 Å². The van der Waals surface area contributed by atoms with Crippen LogP contribution in [-0.4, -0.2) is 30.8 Å². The first kappa shape index (κ1) is 13.8. The van der Waals surface area contributed by atoms with Crippen LogP contribution in [0.25, 0.3) is 11.0 Å². The molecule has 2 aromatic heterocycles. The zero-order valence-corrected chi connectivity index (χ0v) is 12.4. The summed E-state index contributed by atoms with van der Waals surface area (Å²) in [6, 6.07) is 4.85. The smallest absolute Gasteiger partial charge is 0.337 e. The monoisotopic (exact) mass is 320 g/mol. The van der Waals surface area contributed by atoms with Crippen LogP contribution in [-0.2, 0) is 7.05 Å². The summed E-state index contributed by atoms with van der Waals surface area (Å²) in [4.78, 5) is 20.2. The van der Waals surface area contributed by atoms with Gasteiger partial charge in [-0.25, -0.2) is 14.8 Å². The molecule has 21 heavy (non-hydrogen) atoms. The van der Waals surface area contributed by atoms with Crippen molar-refractivity contribution in [2.45, 2.75) is 9.92 Å². The van der Waals surface area contributed by atoms with E-state index in [1.54, 1.807) is 30.1 Å². The van der Waals surface area contributed by atoms with Crippen LogP contribution in [0.5, 0.6) is 0 Å². The van der Waals surface area contributed by atoms with Gasteiger partial charge in [0.15, 0.2) is 5.65 Å². The molecule has 0 aliphatic heterocycles. The minimum Gasteiger partial charge on any atom is -0.478 e. The Morgan fingerprint density at radius 2 is 2.19 bits per heavy atom. The number of carbonyl (C=O) groups is 1. The van der Waals surface area contributed by atoms with E-state index >= 15 is 0 Å². The second kappa shape index (κ2) is 5.34. The highest BCUT2D eigenvalue weighted by Gasteiger charge is 2.13. The fourth-order valence-corrected chi connectivity index (χ4v) is 2.95. The molecule has 0 saturated heterocycles. The summed E-state index contributed by atoms with van der Waals surface area (Å²) in [5.74, 6) is -1.06. The number of halogens is 1. The quantitative estimate of drug-likeness (QED) is 0.747. The Bertz CT molecular complexity index is 849. The molecule has 0 fully saturated rings. The molecular formula is C13H9ClN4O2S. The Labute approximate surface area is 128 Å². The third-order valence-corrected chi connectivity index (χ3v) is 4.21. The van der Waals surface area contributed by atoms with Crippen molar-refractivity contribution in [2.75, 3.05) is 0 Å². The van der Waals surface area contributed by atoms with Gasteiger partial charge in [-0.05, 0) is 18.2 Å². The molecule has 0 atom stereocenters. The van der Waals surface area contributed by atoms with Gasteiger partial charge in [0.25, 0.3) is 0 Å². The van der Waals surface area contributed by atoms with Crippen LogP contribution in [0.3, 0.4) is 0 Å². The van der Waals surface area contributed by atoms with E-state index < -0.39 is 5.97 Å². The second-order valence-corrected chi connectivity index (χ2v) is 5.70. The van der Waals surface area contributed by atoms with Crippen molar-refractivity contribution in [2.24, 2.45) is 7.05 Å². The highest BCUT2D eigenvalue weighted by atomic mass is 35.5. The van der Waals surface area contributed by atoms with Gasteiger partial charge in [0.05, 0.1) is 22.2 Å². The van der Waals surface area contributed by atoms with Crippen molar-refractivity contribution in [3.05, 3.63) is 41.3 Å². The molecule has 0 bridgehead atoms. The van der Waals surface area contributed by atoms with Crippen LogP contribution in [0.15, 0.2) is 40.6 Å². The molecule has 2 heterocycles. The maximum atomic E-state index is 11.1. The maximum absolute atomic E-state index is 11.1. The Morgan fingerprint density at radius 3 is 2.95 bits per heavy atom. The van der Waals surface area contributed by atoms with Gasteiger partial charge in [-0.2, -0.15) is 5.10 Å². The van der Waals surface area contributed by atoms with Crippen LogP contribution >= 0.6 is 23.4 Å². The van der Waals surface area contributed by atoms with Gasteiger partial charge in [-0.3, -0.25) is 4.68 Å². The van der Waals surface area contributed by atoms with Crippen molar-refractivity contribution < 1.29 is 9.90 Å². The number of aromatic carboxylic acids is 1. The molecule has 0 aliphatic rings. The lowest BCUT2D eigenvalue weighted by atomic mass is 10.2. The number of nitrogens with zero attached hydrogens (tertiary/aromatic N) is 4. The Morgan fingerprint density at radius 1 is 1.38 bits per heavy atom. The second-order valence-electron chi connectivity index (χ2n) is 4.23. The molecule has 3 rings (SSSR count). The summed E-state index contributed by atoms with van der Waals surface area (Å²) in [5, 5.41) is 15.0. The van der Waals surface area contributed by atoms with Gasteiger partial charge in [0.2, 0.25) is 0 Å². The number of carboxylic acids is 1. The van der Waals surface area contributed by atoms with Crippen LogP contribution < -0.4 is 0 Å². The van der Waals surface area contributed by atoms with Gasteiger partial charge in [0.1, 0.15) is 11.4 Å². The Kier molecular flexibility index (Phi) is 3.52. The first-order valence-electron chi connectivity index (χ1n) is 5.89. The minimum absolute atomic E-state index is 0.0677. The largest absolute Gasteiger partial charge is 0.478 e. The van der Waals surface area contributed by atoms with E-state index in [-0.39, 0.29) is 10.6 Å². The molecule has 0 saturated carbocycles. The normalized spacial score (nSPS) is 11.0. The summed E-state index contributed by atoms with van der Waals surface area (Å²) >= 11 is 7.21. The number of hydrogen-bond donors (Lipinski definition) is 1. The third kappa shape index (κ3) is 2.57. The van der Waals surface area contributed by atoms with E-state index in [1.807, 2.05) is 0 Å². The molecule has 8 heteroatoms. The van der Waals surface area contributed by atoms with Crippen LogP contribution in [0.2, 0.25) is 5.02 Å². The van der Waals surface area contributed by atoms with Crippen molar-refractivity contribution >= 4 is 40.4 Å². The molecule has 6 nitrogen and oxygen atoms in total. The predicted octanol–water partition coefficient (Wildman–Crippen LogP) is 2.87. The molecule has 0 radical (unpaired) electrons. The molecule has 0 spiro atoms. The predicted molar refractivity (Wildman–Crippen MR) is 78.8 cm³/mol. The van der Waals surface area contributed by atoms with Crippen LogP contribution in [0.1, 0.15) is 10.4 Å². The minimum atomic E-state index is -1.06. The molecule has 0 amide bonds. The number of aromatic nitrogens is 4. The van der Waals surface area contributed by atoms with E-state index in [4.69, 9.17) is 16.7 Å². The van der Waals surface area contributed by atoms with Gasteiger partial charge < -0.3 is 5.11 Å². The molecule has 1 aromatic carbocycles. The van der Waals surface area contributed by atoms with E-state index in [2.05, 4.69) is 15.1 Å². The lowest BCUT2D eigenvalue weighted by Gasteiger charge is -2.04. The molecule has 3 aromatic rings. The van der Waals surface area contributed by atoms with Crippen molar-refractivity contribution in [3.8, 4) is 0 Å². The standard InChI is InChI=1S/C13H9ClN4O2S/c1-18-11-9(5-17-18)12(16-6-15-11)21-7-2-3-10(14)8(4-7)13(19)20/h2-6H,1H3,(H,19,20). The summed E-state index contributed by atoms with van der Waals surface area (Å²) < 4.78 is 1.66. The number of hydrogen-bond acceptors (Lipinski definition) is 5. The van der Waals surface area contributed by atoms with Crippen molar-refractivity contribution in [1.29, 1.82) is 0 Å². The summed E-state index contributed by atoms with van der Waals surface area (Å²) in [5.41, 5.74) is 0.790. The topological polar surface area (TPSA) is 80.9 Å². The zero-order chi connectivity index (χ0) is 15.0. The summed E-state index contributed by atoms with van der Waals surface area (Å²) in [7, 11) is 1.80. The molecular weight excluding hydrogens is 312 g/mol. The molecule has 1 N–H and O–H groups in total. The van der Waals surface area contributed by atoms with E-state index in [0.717, 1.165) is 15.9 Å². The van der Waals surface area contributed by atoms with E-state index in [1.165, 1.54) is 24.2 Å². The molecule has 0 unspecified atom stereocenters. The van der Waals surface area contributed by atoms with Gasteiger partial charge >= 0.3 is 5.97 Å². The third-order valence-electron chi connectivity index (χ3n) is 2.88. The first-order valence-corrected chi connectivity index (χ1v) is 7.09. The highest BCUT2D eigenvalue weighted by Crippen LogP contribution is 2.32. The van der Waals surface area contributed by atoms with Crippen LogP contribution in [0.4, 0.5) is 0 Å². The van der Waals surface area contributed by atoms with Crippen LogP contribution in [0, 0.1) is 0 Å². The Hall–Kier alpha value is -2.12.